The molecule has 1 aliphatic carbocycles. The molecule has 1 heterocycles. The number of hydrogen-bond acceptors (Lipinski definition) is 2. The van der Waals surface area contributed by atoms with E-state index in [2.05, 4.69) is 32.0 Å². The van der Waals surface area contributed by atoms with Gasteiger partial charge in [-0.05, 0) is 55.7 Å². The van der Waals surface area contributed by atoms with E-state index in [0.717, 1.165) is 31.1 Å². The lowest BCUT2D eigenvalue weighted by molar-refractivity contribution is 0.134. The van der Waals surface area contributed by atoms with Crippen LogP contribution < -0.4 is 10.5 Å². The third-order valence-corrected chi connectivity index (χ3v) is 4.68. The van der Waals surface area contributed by atoms with Crippen molar-refractivity contribution >= 4 is 0 Å². The van der Waals surface area contributed by atoms with Crippen molar-refractivity contribution in [2.75, 3.05) is 6.54 Å². The van der Waals surface area contributed by atoms with E-state index in [9.17, 15) is 0 Å². The van der Waals surface area contributed by atoms with Crippen molar-refractivity contribution in [1.29, 1.82) is 0 Å². The number of benzene rings is 1. The average molecular weight is 245 g/mol. The van der Waals surface area contributed by atoms with Crippen molar-refractivity contribution in [2.45, 2.75) is 45.6 Å². The SMILES string of the molecule is Cc1ccc2c(c1)CC(CC(C)(CN)C1CC1)O2. The zero-order chi connectivity index (χ0) is 12.8. The lowest BCUT2D eigenvalue weighted by Gasteiger charge is -2.30. The molecule has 1 saturated carbocycles. The first kappa shape index (κ1) is 12.0. The molecule has 0 amide bonds. The van der Waals surface area contributed by atoms with Gasteiger partial charge < -0.3 is 10.5 Å². The molecule has 0 aromatic heterocycles. The van der Waals surface area contributed by atoms with Gasteiger partial charge in [-0.1, -0.05) is 24.6 Å². The van der Waals surface area contributed by atoms with Gasteiger partial charge in [0.1, 0.15) is 11.9 Å². The third kappa shape index (κ3) is 2.14. The Morgan fingerprint density at radius 2 is 2.17 bits per heavy atom. The highest BCUT2D eigenvalue weighted by molar-refractivity contribution is 5.40. The molecule has 0 radical (unpaired) electrons. The van der Waals surface area contributed by atoms with Gasteiger partial charge in [0.15, 0.2) is 0 Å². The quantitative estimate of drug-likeness (QED) is 0.885. The van der Waals surface area contributed by atoms with Crippen LogP contribution in [-0.4, -0.2) is 12.6 Å². The minimum Gasteiger partial charge on any atom is -0.490 e. The summed E-state index contributed by atoms with van der Waals surface area (Å²) in [7, 11) is 0. The molecule has 2 aliphatic rings. The summed E-state index contributed by atoms with van der Waals surface area (Å²) in [6.07, 6.45) is 5.19. The van der Waals surface area contributed by atoms with Gasteiger partial charge in [-0.3, -0.25) is 0 Å². The van der Waals surface area contributed by atoms with Crippen LogP contribution in [0.3, 0.4) is 0 Å². The Labute approximate surface area is 110 Å². The summed E-state index contributed by atoms with van der Waals surface area (Å²) in [5.41, 5.74) is 8.97. The van der Waals surface area contributed by atoms with Crippen LogP contribution in [0.4, 0.5) is 0 Å². The highest BCUT2D eigenvalue weighted by Crippen LogP contribution is 2.48. The molecular weight excluding hydrogens is 222 g/mol. The Balaban J connectivity index is 1.70. The Bertz CT molecular complexity index is 452. The maximum absolute atomic E-state index is 6.08. The number of nitrogens with two attached hydrogens (primary N) is 1. The molecule has 2 heteroatoms. The van der Waals surface area contributed by atoms with E-state index in [1.807, 2.05) is 0 Å². The molecule has 0 saturated heterocycles. The van der Waals surface area contributed by atoms with Crippen LogP contribution in [0, 0.1) is 18.3 Å². The lowest BCUT2D eigenvalue weighted by atomic mass is 9.79. The Morgan fingerprint density at radius 3 is 2.83 bits per heavy atom. The van der Waals surface area contributed by atoms with Crippen molar-refractivity contribution in [3.8, 4) is 5.75 Å². The van der Waals surface area contributed by atoms with E-state index < -0.39 is 0 Å². The zero-order valence-corrected chi connectivity index (χ0v) is 11.4. The van der Waals surface area contributed by atoms with Crippen LogP contribution in [0.5, 0.6) is 5.75 Å². The fraction of sp³-hybridized carbons (Fsp3) is 0.625. The van der Waals surface area contributed by atoms with E-state index in [-0.39, 0.29) is 5.41 Å². The van der Waals surface area contributed by atoms with Gasteiger partial charge in [0.2, 0.25) is 0 Å². The molecule has 2 nitrogen and oxygen atoms in total. The van der Waals surface area contributed by atoms with Gasteiger partial charge in [-0.15, -0.1) is 0 Å². The minimum absolute atomic E-state index is 0.280. The second-order valence-corrected chi connectivity index (χ2v) is 6.39. The molecule has 1 aliphatic heterocycles. The summed E-state index contributed by atoms with van der Waals surface area (Å²) >= 11 is 0. The van der Waals surface area contributed by atoms with E-state index in [0.29, 0.717) is 6.10 Å². The molecule has 2 N–H and O–H groups in total. The second kappa shape index (κ2) is 4.27. The fourth-order valence-electron chi connectivity index (χ4n) is 3.28. The number of fused-ring (bicyclic) bond motifs is 1. The van der Waals surface area contributed by atoms with Crippen LogP contribution >= 0.6 is 0 Å². The first-order valence-corrected chi connectivity index (χ1v) is 7.07. The van der Waals surface area contributed by atoms with E-state index >= 15 is 0 Å². The van der Waals surface area contributed by atoms with Crippen LogP contribution in [0.2, 0.25) is 0 Å². The van der Waals surface area contributed by atoms with Gasteiger partial charge in [-0.2, -0.15) is 0 Å². The van der Waals surface area contributed by atoms with Crippen molar-refractivity contribution in [3.63, 3.8) is 0 Å². The Hall–Kier alpha value is -1.02. The smallest absolute Gasteiger partial charge is 0.123 e. The highest BCUT2D eigenvalue weighted by atomic mass is 16.5. The van der Waals surface area contributed by atoms with Gasteiger partial charge in [0.25, 0.3) is 0 Å². The summed E-state index contributed by atoms with van der Waals surface area (Å²) in [5.74, 6) is 1.91. The Kier molecular flexibility index (Phi) is 2.86. The molecule has 3 rings (SSSR count). The molecule has 0 spiro atoms. The maximum Gasteiger partial charge on any atom is 0.123 e. The lowest BCUT2D eigenvalue weighted by Crippen LogP contribution is -2.35. The number of aryl methyl sites for hydroxylation is 1. The predicted molar refractivity (Wildman–Crippen MR) is 73.8 cm³/mol. The maximum atomic E-state index is 6.08. The second-order valence-electron chi connectivity index (χ2n) is 6.39. The number of ether oxygens (including phenoxy) is 1. The van der Waals surface area contributed by atoms with E-state index in [4.69, 9.17) is 10.5 Å². The van der Waals surface area contributed by atoms with E-state index in [1.165, 1.54) is 24.0 Å². The summed E-state index contributed by atoms with van der Waals surface area (Å²) in [5, 5.41) is 0. The monoisotopic (exact) mass is 245 g/mol. The van der Waals surface area contributed by atoms with Crippen molar-refractivity contribution < 1.29 is 4.74 Å². The summed E-state index contributed by atoms with van der Waals surface area (Å²) < 4.78 is 6.08. The number of rotatable bonds is 4. The summed E-state index contributed by atoms with van der Waals surface area (Å²) in [6.45, 7) is 5.26. The summed E-state index contributed by atoms with van der Waals surface area (Å²) in [6, 6.07) is 6.50. The van der Waals surface area contributed by atoms with E-state index in [1.54, 1.807) is 0 Å². The predicted octanol–water partition coefficient (Wildman–Crippen LogP) is 3.06. The molecule has 0 bridgehead atoms. The van der Waals surface area contributed by atoms with Gasteiger partial charge >= 0.3 is 0 Å². The van der Waals surface area contributed by atoms with Crippen LogP contribution in [0.1, 0.15) is 37.3 Å². The van der Waals surface area contributed by atoms with Gasteiger partial charge in [0, 0.05) is 6.42 Å². The van der Waals surface area contributed by atoms with Crippen molar-refractivity contribution in [2.24, 2.45) is 17.1 Å². The molecule has 1 fully saturated rings. The van der Waals surface area contributed by atoms with Crippen molar-refractivity contribution in [3.05, 3.63) is 29.3 Å². The topological polar surface area (TPSA) is 35.2 Å². The summed E-state index contributed by atoms with van der Waals surface area (Å²) in [4.78, 5) is 0. The molecule has 98 valence electrons. The third-order valence-electron chi connectivity index (χ3n) is 4.68. The van der Waals surface area contributed by atoms with Gasteiger partial charge in [0.05, 0.1) is 0 Å². The largest absolute Gasteiger partial charge is 0.490 e. The van der Waals surface area contributed by atoms with Crippen molar-refractivity contribution in [1.82, 2.24) is 0 Å². The molecule has 1 aromatic rings. The standard InChI is InChI=1S/C16H23NO/c1-11-3-6-15-12(7-11)8-14(18-15)9-16(2,10-17)13-4-5-13/h3,6-7,13-14H,4-5,8-10,17H2,1-2H3. The first-order chi connectivity index (χ1) is 8.60. The molecular formula is C16H23NO. The van der Waals surface area contributed by atoms with Crippen LogP contribution in [0.25, 0.3) is 0 Å². The molecule has 1 aromatic carbocycles. The Morgan fingerprint density at radius 1 is 1.39 bits per heavy atom. The van der Waals surface area contributed by atoms with Crippen LogP contribution in [0.15, 0.2) is 18.2 Å². The van der Waals surface area contributed by atoms with Gasteiger partial charge in [-0.25, -0.2) is 0 Å². The average Bonchev–Trinajstić information content (AvgIpc) is 3.12. The fourth-order valence-corrected chi connectivity index (χ4v) is 3.28. The molecule has 2 atom stereocenters. The molecule has 2 unspecified atom stereocenters. The van der Waals surface area contributed by atoms with Crippen LogP contribution in [-0.2, 0) is 6.42 Å². The minimum atomic E-state index is 0.280. The first-order valence-electron chi connectivity index (χ1n) is 7.07. The molecule has 18 heavy (non-hydrogen) atoms. The highest BCUT2D eigenvalue weighted by Gasteiger charge is 2.43. The number of hydrogen-bond donors (Lipinski definition) is 1. The normalized spacial score (nSPS) is 25.4. The zero-order valence-electron chi connectivity index (χ0n) is 11.4.